The largest absolute Gasteiger partial charge is 0.346 e. The number of imidazole rings is 1. The highest BCUT2D eigenvalue weighted by Gasteiger charge is 2.28. The highest BCUT2D eigenvalue weighted by Crippen LogP contribution is 2.29. The normalized spacial score (nSPS) is 19.1. The van der Waals surface area contributed by atoms with Crippen LogP contribution in [0.5, 0.6) is 0 Å². The number of benzene rings is 2. The number of nitro benzene ring substituents is 1. The number of rotatable bonds is 8. The lowest BCUT2D eigenvalue weighted by Gasteiger charge is -2.28. The molecule has 1 aromatic heterocycles. The number of nitrogens with zero attached hydrogens (tertiary/aromatic N) is 2. The molecule has 0 saturated heterocycles. The van der Waals surface area contributed by atoms with Crippen molar-refractivity contribution in [2.24, 2.45) is 17.6 Å². The van der Waals surface area contributed by atoms with Gasteiger partial charge in [0.05, 0.1) is 22.9 Å². The summed E-state index contributed by atoms with van der Waals surface area (Å²) < 4.78 is 0. The van der Waals surface area contributed by atoms with Gasteiger partial charge in [-0.3, -0.25) is 14.9 Å². The summed E-state index contributed by atoms with van der Waals surface area (Å²) in [6.45, 7) is 0.665. The lowest BCUT2D eigenvalue weighted by Crippen LogP contribution is -2.37. The zero-order valence-electron chi connectivity index (χ0n) is 18.4. The maximum Gasteiger partial charge on any atom is 0.269 e. The average molecular weight is 448 g/mol. The van der Waals surface area contributed by atoms with Crippen LogP contribution in [-0.4, -0.2) is 27.3 Å². The molecule has 1 fully saturated rings. The molecule has 8 heteroatoms. The molecule has 0 aliphatic heterocycles. The third-order valence-corrected chi connectivity index (χ3v) is 6.44. The molecule has 1 amide bonds. The Morgan fingerprint density at radius 3 is 2.61 bits per heavy atom. The summed E-state index contributed by atoms with van der Waals surface area (Å²) in [7, 11) is 0. The van der Waals surface area contributed by atoms with Crippen molar-refractivity contribution < 1.29 is 9.72 Å². The third kappa shape index (κ3) is 5.64. The molecule has 0 bridgehead atoms. The minimum atomic E-state index is -0.427. The Morgan fingerprint density at radius 2 is 1.91 bits per heavy atom. The fraction of sp³-hybridized carbons (Fsp3) is 0.360. The number of nitrogens with two attached hydrogens (primary N) is 1. The first-order valence-electron chi connectivity index (χ1n) is 11.4. The molecule has 1 atom stereocenters. The van der Waals surface area contributed by atoms with Crippen LogP contribution in [0.3, 0.4) is 0 Å². The van der Waals surface area contributed by atoms with Gasteiger partial charge < -0.3 is 16.0 Å². The summed E-state index contributed by atoms with van der Waals surface area (Å²) in [5, 5.41) is 14.4. The van der Waals surface area contributed by atoms with Crippen LogP contribution in [-0.2, 0) is 11.2 Å². The van der Waals surface area contributed by atoms with Crippen LogP contribution in [0.4, 0.5) is 5.69 Å². The van der Waals surface area contributed by atoms with Crippen LogP contribution in [0.2, 0.25) is 0 Å². The summed E-state index contributed by atoms with van der Waals surface area (Å²) in [5.41, 5.74) is 8.43. The second-order valence-corrected chi connectivity index (χ2v) is 8.69. The fourth-order valence-corrected chi connectivity index (χ4v) is 4.48. The van der Waals surface area contributed by atoms with Gasteiger partial charge in [-0.25, -0.2) is 4.98 Å². The Kier molecular flexibility index (Phi) is 7.14. The summed E-state index contributed by atoms with van der Waals surface area (Å²) in [5.74, 6) is 1.07. The Labute approximate surface area is 192 Å². The molecule has 1 aliphatic rings. The number of amides is 1. The van der Waals surface area contributed by atoms with Gasteiger partial charge in [-0.1, -0.05) is 42.5 Å². The third-order valence-electron chi connectivity index (χ3n) is 6.44. The fourth-order valence-electron chi connectivity index (χ4n) is 4.48. The van der Waals surface area contributed by atoms with E-state index in [1.54, 1.807) is 18.3 Å². The van der Waals surface area contributed by atoms with Gasteiger partial charge in [-0.2, -0.15) is 0 Å². The molecule has 0 radical (unpaired) electrons. The molecule has 8 nitrogen and oxygen atoms in total. The number of non-ortho nitro benzene ring substituents is 1. The molecule has 1 aliphatic carbocycles. The first kappa shape index (κ1) is 22.7. The number of carbonyl (C=O) groups is 1. The van der Waals surface area contributed by atoms with E-state index in [9.17, 15) is 14.9 Å². The predicted molar refractivity (Wildman–Crippen MR) is 126 cm³/mol. The first-order valence-corrected chi connectivity index (χ1v) is 11.4. The van der Waals surface area contributed by atoms with E-state index in [0.717, 1.165) is 42.5 Å². The first-order chi connectivity index (χ1) is 16.0. The Morgan fingerprint density at radius 1 is 1.15 bits per heavy atom. The smallest absolute Gasteiger partial charge is 0.269 e. The van der Waals surface area contributed by atoms with E-state index < -0.39 is 11.0 Å². The molecule has 0 unspecified atom stereocenters. The monoisotopic (exact) mass is 447 g/mol. The molecule has 1 heterocycles. The van der Waals surface area contributed by atoms with Gasteiger partial charge >= 0.3 is 0 Å². The van der Waals surface area contributed by atoms with Crippen molar-refractivity contribution in [2.75, 3.05) is 6.54 Å². The van der Waals surface area contributed by atoms with Gasteiger partial charge in [0.15, 0.2) is 0 Å². The number of aromatic amines is 1. The van der Waals surface area contributed by atoms with Gasteiger partial charge in [0.2, 0.25) is 5.91 Å². The van der Waals surface area contributed by atoms with E-state index in [1.165, 1.54) is 6.07 Å². The van der Waals surface area contributed by atoms with Crippen molar-refractivity contribution in [1.82, 2.24) is 15.3 Å². The molecular weight excluding hydrogens is 418 g/mol. The number of hydrogen-bond acceptors (Lipinski definition) is 5. The van der Waals surface area contributed by atoms with Gasteiger partial charge in [0.25, 0.3) is 5.69 Å². The zero-order chi connectivity index (χ0) is 23.2. The van der Waals surface area contributed by atoms with E-state index in [-0.39, 0.29) is 17.5 Å². The van der Waals surface area contributed by atoms with E-state index >= 15 is 0 Å². The minimum absolute atomic E-state index is 0.00133. The maximum atomic E-state index is 13.1. The molecular formula is C25H29N5O3. The number of H-pyrrole nitrogens is 1. The molecule has 2 aromatic carbocycles. The summed E-state index contributed by atoms with van der Waals surface area (Å²) >= 11 is 0. The van der Waals surface area contributed by atoms with Crippen LogP contribution in [0.1, 0.15) is 43.1 Å². The molecule has 0 spiro atoms. The average Bonchev–Trinajstić information content (AvgIpc) is 3.35. The van der Waals surface area contributed by atoms with E-state index in [4.69, 9.17) is 5.73 Å². The Balaban J connectivity index is 1.56. The predicted octanol–water partition coefficient (Wildman–Crippen LogP) is 4.15. The highest BCUT2D eigenvalue weighted by molar-refractivity contribution is 5.79. The van der Waals surface area contributed by atoms with Crippen LogP contribution >= 0.6 is 0 Å². The van der Waals surface area contributed by atoms with Crippen molar-refractivity contribution in [1.29, 1.82) is 0 Å². The second kappa shape index (κ2) is 10.4. The lowest BCUT2D eigenvalue weighted by molar-refractivity contribution is -0.384. The summed E-state index contributed by atoms with van der Waals surface area (Å²) in [6.07, 6.45) is 5.72. The van der Waals surface area contributed by atoms with E-state index in [0.29, 0.717) is 24.7 Å². The van der Waals surface area contributed by atoms with Crippen molar-refractivity contribution in [3.05, 3.63) is 82.3 Å². The molecule has 33 heavy (non-hydrogen) atoms. The van der Waals surface area contributed by atoms with Crippen LogP contribution in [0.15, 0.2) is 60.8 Å². The van der Waals surface area contributed by atoms with Crippen LogP contribution < -0.4 is 11.1 Å². The Bertz CT molecular complexity index is 1090. The molecule has 172 valence electrons. The van der Waals surface area contributed by atoms with Crippen LogP contribution in [0.25, 0.3) is 11.3 Å². The highest BCUT2D eigenvalue weighted by atomic mass is 16.6. The number of aromatic nitrogens is 2. The minimum Gasteiger partial charge on any atom is -0.346 e. The van der Waals surface area contributed by atoms with Crippen molar-refractivity contribution in [2.45, 2.75) is 38.1 Å². The van der Waals surface area contributed by atoms with E-state index in [2.05, 4.69) is 15.3 Å². The quantitative estimate of drug-likeness (QED) is 0.353. The van der Waals surface area contributed by atoms with Gasteiger partial charge in [0, 0.05) is 24.5 Å². The Hall–Kier alpha value is -3.52. The van der Waals surface area contributed by atoms with E-state index in [1.807, 2.05) is 36.4 Å². The second-order valence-electron chi connectivity index (χ2n) is 8.69. The van der Waals surface area contributed by atoms with Crippen molar-refractivity contribution in [3.8, 4) is 11.3 Å². The van der Waals surface area contributed by atoms with Crippen LogP contribution in [0, 0.1) is 22.0 Å². The number of carbonyl (C=O) groups excluding carboxylic acids is 1. The van der Waals surface area contributed by atoms with Gasteiger partial charge in [-0.15, -0.1) is 0 Å². The van der Waals surface area contributed by atoms with Crippen molar-refractivity contribution in [3.63, 3.8) is 0 Å². The van der Waals surface area contributed by atoms with Gasteiger partial charge in [0.1, 0.15) is 5.82 Å². The standard InChI is InChI=1S/C25H29N5O3/c26-15-17-9-11-20(12-10-17)25(31)29-22(14-18-5-4-8-21(13-18)30(32)33)24-27-16-23(28-24)19-6-2-1-3-7-19/h1-8,13,16-17,20,22H,9-12,14-15,26H2,(H,27,28)(H,29,31)/t17?,20?,22-/m0/s1. The number of nitrogens with one attached hydrogen (secondary N) is 2. The lowest BCUT2D eigenvalue weighted by atomic mass is 9.81. The number of hydrogen-bond donors (Lipinski definition) is 3. The van der Waals surface area contributed by atoms with Crippen molar-refractivity contribution >= 4 is 11.6 Å². The maximum absolute atomic E-state index is 13.1. The topological polar surface area (TPSA) is 127 Å². The summed E-state index contributed by atoms with van der Waals surface area (Å²) in [4.78, 5) is 31.8. The molecule has 1 saturated carbocycles. The molecule has 4 rings (SSSR count). The molecule has 3 aromatic rings. The summed E-state index contributed by atoms with van der Waals surface area (Å²) in [6, 6.07) is 15.9. The SMILES string of the molecule is NCC1CCC(C(=O)N[C@@H](Cc2cccc([N+](=O)[O-])c2)c2ncc(-c3ccccc3)[nH]2)CC1. The number of nitro groups is 1. The molecule has 4 N–H and O–H groups in total. The van der Waals surface area contributed by atoms with Gasteiger partial charge in [-0.05, 0) is 49.3 Å². The zero-order valence-corrected chi connectivity index (χ0v) is 18.4.